The van der Waals surface area contributed by atoms with Gasteiger partial charge in [-0.05, 0) is 50.2 Å². The molecule has 0 spiro atoms. The van der Waals surface area contributed by atoms with E-state index in [0.29, 0.717) is 31.5 Å². The van der Waals surface area contributed by atoms with Crippen LogP contribution in [0.5, 0.6) is 0 Å². The molecule has 1 N–H and O–H groups in total. The van der Waals surface area contributed by atoms with Crippen LogP contribution in [0, 0.1) is 18.3 Å². The summed E-state index contributed by atoms with van der Waals surface area (Å²) in [7, 11) is 0. The first-order valence-electron chi connectivity index (χ1n) is 13.7. The Hall–Kier alpha value is -3.03. The summed E-state index contributed by atoms with van der Waals surface area (Å²) in [5.74, 6) is 0.122. The zero-order chi connectivity index (χ0) is 26.5. The van der Waals surface area contributed by atoms with Crippen LogP contribution in [0.2, 0.25) is 0 Å². The molecular weight excluding hydrogens is 468 g/mol. The maximum atomic E-state index is 13.8. The van der Waals surface area contributed by atoms with Gasteiger partial charge in [-0.2, -0.15) is 5.10 Å². The number of amides is 2. The van der Waals surface area contributed by atoms with E-state index in [1.165, 1.54) is 6.92 Å². The smallest absolute Gasteiger partial charge is 0.245 e. The van der Waals surface area contributed by atoms with E-state index in [1.807, 2.05) is 19.9 Å². The van der Waals surface area contributed by atoms with Crippen molar-refractivity contribution in [3.8, 4) is 0 Å². The minimum absolute atomic E-state index is 0.0106. The standard InChI is InChI=1S/C29H38N4O4/c1-5-23(35)22-13-29-14-24(29)33(22)26(37)15-32-28-20(9-7-6-8-17(2)12-25(36)30-16-29)10-18(3)11-21(28)27(31-32)19(4)34/h10-11,17,22,24H,5-9,12-16H2,1-4H3,(H,30,36)/t17-,22+,24-,29+/m1/s1. The maximum absolute atomic E-state index is 13.8. The third-order valence-electron chi connectivity index (χ3n) is 8.68. The van der Waals surface area contributed by atoms with Crippen molar-refractivity contribution in [2.45, 2.75) is 97.7 Å². The number of piperidine rings is 1. The number of hydrogen-bond acceptors (Lipinski definition) is 5. The van der Waals surface area contributed by atoms with Gasteiger partial charge < -0.3 is 10.2 Å². The van der Waals surface area contributed by atoms with Crippen molar-refractivity contribution < 1.29 is 19.2 Å². The lowest BCUT2D eigenvalue weighted by molar-refractivity contribution is -0.139. The summed E-state index contributed by atoms with van der Waals surface area (Å²) in [4.78, 5) is 53.7. The molecule has 1 aromatic heterocycles. The largest absolute Gasteiger partial charge is 0.355 e. The van der Waals surface area contributed by atoms with E-state index in [0.717, 1.165) is 54.1 Å². The first kappa shape index (κ1) is 25.6. The molecule has 8 nitrogen and oxygen atoms in total. The van der Waals surface area contributed by atoms with Gasteiger partial charge in [-0.15, -0.1) is 0 Å². The van der Waals surface area contributed by atoms with Gasteiger partial charge in [0.1, 0.15) is 12.2 Å². The van der Waals surface area contributed by atoms with Crippen LogP contribution in [-0.2, 0) is 27.3 Å². The summed E-state index contributed by atoms with van der Waals surface area (Å²) in [6.07, 6.45) is 5.96. The van der Waals surface area contributed by atoms with Gasteiger partial charge in [0, 0.05) is 43.2 Å². The van der Waals surface area contributed by atoms with Crippen LogP contribution in [0.3, 0.4) is 0 Å². The molecule has 37 heavy (non-hydrogen) atoms. The van der Waals surface area contributed by atoms with Crippen molar-refractivity contribution in [3.63, 3.8) is 0 Å². The molecule has 2 aromatic rings. The summed E-state index contributed by atoms with van der Waals surface area (Å²) in [5.41, 5.74) is 3.15. The van der Waals surface area contributed by atoms with Crippen LogP contribution in [0.15, 0.2) is 12.1 Å². The Morgan fingerprint density at radius 1 is 1.19 bits per heavy atom. The molecule has 0 unspecified atom stereocenters. The van der Waals surface area contributed by atoms with Crippen LogP contribution >= 0.6 is 0 Å². The van der Waals surface area contributed by atoms with E-state index in [9.17, 15) is 19.2 Å². The Labute approximate surface area is 218 Å². The number of rotatable bonds is 3. The molecule has 8 heteroatoms. The first-order chi connectivity index (χ1) is 17.6. The van der Waals surface area contributed by atoms with Crippen molar-refractivity contribution in [1.82, 2.24) is 20.0 Å². The molecule has 2 amide bonds. The number of carbonyl (C=O) groups excluding carboxylic acids is 4. The third kappa shape index (κ3) is 4.71. The molecule has 1 aliphatic carbocycles. The van der Waals surface area contributed by atoms with Crippen LogP contribution in [-0.4, -0.2) is 56.7 Å². The summed E-state index contributed by atoms with van der Waals surface area (Å²) < 4.78 is 1.70. The van der Waals surface area contributed by atoms with Gasteiger partial charge in [-0.1, -0.05) is 38.3 Å². The average Bonchev–Trinajstić information content (AvgIpc) is 3.26. The molecule has 1 saturated carbocycles. The highest BCUT2D eigenvalue weighted by molar-refractivity contribution is 6.06. The third-order valence-corrected chi connectivity index (χ3v) is 8.68. The Morgan fingerprint density at radius 2 is 1.97 bits per heavy atom. The minimum Gasteiger partial charge on any atom is -0.355 e. The van der Waals surface area contributed by atoms with Gasteiger partial charge in [0.25, 0.3) is 0 Å². The van der Waals surface area contributed by atoms with Crippen molar-refractivity contribution in [3.05, 3.63) is 29.0 Å². The fourth-order valence-corrected chi connectivity index (χ4v) is 6.67. The second kappa shape index (κ2) is 9.69. The van der Waals surface area contributed by atoms with Gasteiger partial charge in [0.05, 0.1) is 11.6 Å². The predicted molar refractivity (Wildman–Crippen MR) is 140 cm³/mol. The molecule has 2 fully saturated rings. The molecular formula is C29H38N4O4. The van der Waals surface area contributed by atoms with E-state index >= 15 is 0 Å². The fourth-order valence-electron chi connectivity index (χ4n) is 6.67. The van der Waals surface area contributed by atoms with E-state index in [2.05, 4.69) is 23.4 Å². The zero-order valence-corrected chi connectivity index (χ0v) is 22.4. The second-order valence-corrected chi connectivity index (χ2v) is 11.6. The number of aromatic nitrogens is 2. The number of Topliss-reactive ketones (excluding diaryl/α,β-unsaturated/α-hetero) is 2. The maximum Gasteiger partial charge on any atom is 0.245 e. The quantitative estimate of drug-likeness (QED) is 0.639. The fraction of sp³-hybridized carbons (Fsp3) is 0.621. The number of hydrogen-bond donors (Lipinski definition) is 1. The Bertz CT molecular complexity index is 1280. The van der Waals surface area contributed by atoms with Crippen LogP contribution in [0.25, 0.3) is 10.9 Å². The van der Waals surface area contributed by atoms with Crippen molar-refractivity contribution >= 4 is 34.3 Å². The Balaban J connectivity index is 1.56. The molecule has 2 aliphatic heterocycles. The molecule has 5 rings (SSSR count). The van der Waals surface area contributed by atoms with Crippen LogP contribution < -0.4 is 5.32 Å². The highest BCUT2D eigenvalue weighted by Crippen LogP contribution is 2.59. The molecule has 0 radical (unpaired) electrons. The van der Waals surface area contributed by atoms with Crippen molar-refractivity contribution in [2.24, 2.45) is 11.3 Å². The van der Waals surface area contributed by atoms with Gasteiger partial charge in [0.15, 0.2) is 11.6 Å². The monoisotopic (exact) mass is 506 g/mol. The molecule has 3 aliphatic rings. The van der Waals surface area contributed by atoms with Crippen LogP contribution in [0.4, 0.5) is 0 Å². The molecule has 3 heterocycles. The number of carbonyl (C=O) groups is 4. The molecule has 4 atom stereocenters. The number of nitrogens with zero attached hydrogens (tertiary/aromatic N) is 3. The number of benzene rings is 1. The first-order valence-corrected chi connectivity index (χ1v) is 13.7. The van der Waals surface area contributed by atoms with E-state index in [4.69, 9.17) is 0 Å². The number of ketones is 2. The molecule has 2 bridgehead atoms. The molecule has 1 aromatic carbocycles. The number of aryl methyl sites for hydroxylation is 2. The second-order valence-electron chi connectivity index (χ2n) is 11.6. The van der Waals surface area contributed by atoms with Gasteiger partial charge in [-0.25, -0.2) is 0 Å². The highest BCUT2D eigenvalue weighted by Gasteiger charge is 2.66. The highest BCUT2D eigenvalue weighted by atomic mass is 16.2. The number of nitrogens with one attached hydrogen (secondary N) is 1. The summed E-state index contributed by atoms with van der Waals surface area (Å²) >= 11 is 0. The minimum atomic E-state index is -0.471. The summed E-state index contributed by atoms with van der Waals surface area (Å²) in [6.45, 7) is 7.98. The lowest BCUT2D eigenvalue weighted by atomic mass is 9.95. The van der Waals surface area contributed by atoms with Gasteiger partial charge >= 0.3 is 0 Å². The lowest BCUT2D eigenvalue weighted by Crippen LogP contribution is -2.44. The topological polar surface area (TPSA) is 101 Å². The molecule has 198 valence electrons. The predicted octanol–water partition coefficient (Wildman–Crippen LogP) is 3.75. The summed E-state index contributed by atoms with van der Waals surface area (Å²) in [5, 5.41) is 8.55. The van der Waals surface area contributed by atoms with Crippen molar-refractivity contribution in [2.75, 3.05) is 6.54 Å². The zero-order valence-electron chi connectivity index (χ0n) is 22.4. The Kier molecular flexibility index (Phi) is 6.71. The van der Waals surface area contributed by atoms with Crippen LogP contribution in [0.1, 0.15) is 87.3 Å². The van der Waals surface area contributed by atoms with Gasteiger partial charge in [-0.3, -0.25) is 23.9 Å². The normalized spacial score (nSPS) is 28.5. The van der Waals surface area contributed by atoms with E-state index in [1.54, 1.807) is 9.58 Å². The van der Waals surface area contributed by atoms with Crippen molar-refractivity contribution in [1.29, 1.82) is 0 Å². The van der Waals surface area contributed by atoms with E-state index < -0.39 is 6.04 Å². The average molecular weight is 507 g/mol. The SMILES string of the molecule is CCC(=O)[C@@H]1C[C@]23CNC(=O)C[C@H](C)CCCCc4cc(C)cc5c(C(C)=O)nn(c45)CC(=O)N1[C@@H]2C3. The Morgan fingerprint density at radius 3 is 2.70 bits per heavy atom. The molecule has 1 saturated heterocycles. The summed E-state index contributed by atoms with van der Waals surface area (Å²) in [6, 6.07) is 3.59. The van der Waals surface area contributed by atoms with Gasteiger partial charge in [0.2, 0.25) is 11.8 Å². The van der Waals surface area contributed by atoms with E-state index in [-0.39, 0.29) is 47.3 Å². The lowest BCUT2D eigenvalue weighted by Gasteiger charge is -2.26.